The summed E-state index contributed by atoms with van der Waals surface area (Å²) in [7, 11) is 0. The summed E-state index contributed by atoms with van der Waals surface area (Å²) >= 11 is 0. The third-order valence-electron chi connectivity index (χ3n) is 2.40. The Bertz CT molecular complexity index is 535. The zero-order valence-corrected chi connectivity index (χ0v) is 10.8. The number of nitrogens with two attached hydrogens (primary N) is 1. The Balaban J connectivity index is 2.09. The maximum absolute atomic E-state index is 5.74. The van der Waals surface area contributed by atoms with E-state index in [1.54, 1.807) is 6.07 Å². The van der Waals surface area contributed by atoms with Crippen LogP contribution in [0.25, 0.3) is 0 Å². The predicted molar refractivity (Wildman–Crippen MR) is 69.1 cm³/mol. The van der Waals surface area contributed by atoms with Gasteiger partial charge in [0.25, 0.3) is 0 Å². The summed E-state index contributed by atoms with van der Waals surface area (Å²) in [5.41, 5.74) is 6.60. The lowest BCUT2D eigenvalue weighted by Gasteiger charge is -2.08. The van der Waals surface area contributed by atoms with Gasteiger partial charge in [0.05, 0.1) is 12.2 Å². The van der Waals surface area contributed by atoms with Crippen molar-refractivity contribution in [3.8, 4) is 0 Å². The van der Waals surface area contributed by atoms with Gasteiger partial charge in [-0.3, -0.25) is 0 Å². The predicted octanol–water partition coefficient (Wildman–Crippen LogP) is 2.09. The Hall–Kier alpha value is -2.11. The molecule has 0 aliphatic heterocycles. The molecule has 96 valence electrons. The normalized spacial score (nSPS) is 10.9. The third kappa shape index (κ3) is 2.97. The molecule has 2 rings (SSSR count). The maximum atomic E-state index is 5.74. The molecule has 0 bridgehead atoms. The Labute approximate surface area is 106 Å². The standard InChI is InChI=1S/C12H17N5O/c1-7(2)12-15-10(13)5-11(16-12)14-6-9-4-8(3)17-18-9/h4-5,7H,6H2,1-3H3,(H3,13,14,15,16). The quantitative estimate of drug-likeness (QED) is 0.859. The van der Waals surface area contributed by atoms with Gasteiger partial charge in [-0.2, -0.15) is 0 Å². The molecule has 2 aromatic rings. The fourth-order valence-corrected chi connectivity index (χ4v) is 1.51. The second-order valence-electron chi connectivity index (χ2n) is 4.48. The highest BCUT2D eigenvalue weighted by Crippen LogP contribution is 2.15. The molecule has 0 aromatic carbocycles. The van der Waals surface area contributed by atoms with Gasteiger partial charge in [-0.1, -0.05) is 19.0 Å². The number of nitrogen functional groups attached to an aromatic ring is 1. The Morgan fingerprint density at radius 1 is 1.33 bits per heavy atom. The van der Waals surface area contributed by atoms with Crippen LogP contribution in [-0.2, 0) is 6.54 Å². The summed E-state index contributed by atoms with van der Waals surface area (Å²) in [6.45, 7) is 6.46. The van der Waals surface area contributed by atoms with Crippen molar-refractivity contribution in [2.45, 2.75) is 33.2 Å². The smallest absolute Gasteiger partial charge is 0.156 e. The molecule has 3 N–H and O–H groups in total. The highest BCUT2D eigenvalue weighted by molar-refractivity contribution is 5.45. The largest absolute Gasteiger partial charge is 0.384 e. The summed E-state index contributed by atoms with van der Waals surface area (Å²) in [4.78, 5) is 8.57. The van der Waals surface area contributed by atoms with Gasteiger partial charge in [0.1, 0.15) is 17.5 Å². The van der Waals surface area contributed by atoms with Crippen LogP contribution in [0.2, 0.25) is 0 Å². The van der Waals surface area contributed by atoms with Crippen LogP contribution in [0.4, 0.5) is 11.6 Å². The zero-order chi connectivity index (χ0) is 13.1. The Kier molecular flexibility index (Phi) is 3.45. The average molecular weight is 247 g/mol. The van der Waals surface area contributed by atoms with E-state index < -0.39 is 0 Å². The van der Waals surface area contributed by atoms with E-state index in [0.29, 0.717) is 18.2 Å². The first-order valence-electron chi connectivity index (χ1n) is 5.85. The van der Waals surface area contributed by atoms with Crippen LogP contribution in [0.5, 0.6) is 0 Å². The number of nitrogens with zero attached hydrogens (tertiary/aromatic N) is 3. The molecule has 0 radical (unpaired) electrons. The molecule has 0 aliphatic rings. The van der Waals surface area contributed by atoms with Crippen molar-refractivity contribution >= 4 is 11.6 Å². The van der Waals surface area contributed by atoms with Crippen LogP contribution in [-0.4, -0.2) is 15.1 Å². The molecule has 0 fully saturated rings. The van der Waals surface area contributed by atoms with Crippen molar-refractivity contribution in [1.29, 1.82) is 0 Å². The number of aromatic nitrogens is 3. The van der Waals surface area contributed by atoms with E-state index >= 15 is 0 Å². The lowest BCUT2D eigenvalue weighted by molar-refractivity contribution is 0.384. The molecule has 6 nitrogen and oxygen atoms in total. The van der Waals surface area contributed by atoms with Gasteiger partial charge in [-0.25, -0.2) is 9.97 Å². The number of nitrogens with one attached hydrogen (secondary N) is 1. The first kappa shape index (κ1) is 12.3. The molecule has 18 heavy (non-hydrogen) atoms. The lowest BCUT2D eigenvalue weighted by Crippen LogP contribution is -2.07. The second-order valence-corrected chi connectivity index (χ2v) is 4.48. The van der Waals surface area contributed by atoms with E-state index in [0.717, 1.165) is 17.3 Å². The number of hydrogen-bond acceptors (Lipinski definition) is 6. The molecule has 6 heteroatoms. The van der Waals surface area contributed by atoms with Gasteiger partial charge in [0.2, 0.25) is 0 Å². The SMILES string of the molecule is Cc1cc(CNc2cc(N)nc(C(C)C)n2)on1. The molecule has 0 atom stereocenters. The van der Waals surface area contributed by atoms with E-state index in [1.165, 1.54) is 0 Å². The van der Waals surface area contributed by atoms with Crippen molar-refractivity contribution in [3.05, 3.63) is 29.4 Å². The monoisotopic (exact) mass is 247 g/mol. The molecule has 0 saturated carbocycles. The number of aryl methyl sites for hydroxylation is 1. The fraction of sp³-hybridized carbons (Fsp3) is 0.417. The summed E-state index contributed by atoms with van der Waals surface area (Å²) in [5, 5.41) is 6.97. The van der Waals surface area contributed by atoms with Crippen LogP contribution in [0, 0.1) is 6.92 Å². The summed E-state index contributed by atoms with van der Waals surface area (Å²) < 4.78 is 5.11. The summed E-state index contributed by atoms with van der Waals surface area (Å²) in [6.07, 6.45) is 0. The highest BCUT2D eigenvalue weighted by atomic mass is 16.5. The molecular weight excluding hydrogens is 230 g/mol. The van der Waals surface area contributed by atoms with E-state index in [2.05, 4.69) is 20.4 Å². The summed E-state index contributed by atoms with van der Waals surface area (Å²) in [6, 6.07) is 3.58. The van der Waals surface area contributed by atoms with Gasteiger partial charge in [-0.15, -0.1) is 0 Å². The second kappa shape index (κ2) is 5.03. The van der Waals surface area contributed by atoms with Crippen LogP contribution in [0.1, 0.15) is 37.0 Å². The van der Waals surface area contributed by atoms with E-state index in [4.69, 9.17) is 10.3 Å². The molecule has 0 saturated heterocycles. The first-order valence-corrected chi connectivity index (χ1v) is 5.85. The number of anilines is 2. The van der Waals surface area contributed by atoms with Crippen LogP contribution in [0.3, 0.4) is 0 Å². The van der Waals surface area contributed by atoms with Crippen molar-refractivity contribution < 1.29 is 4.52 Å². The third-order valence-corrected chi connectivity index (χ3v) is 2.40. The van der Waals surface area contributed by atoms with E-state index in [1.807, 2.05) is 26.8 Å². The van der Waals surface area contributed by atoms with Gasteiger partial charge >= 0.3 is 0 Å². The number of rotatable bonds is 4. The van der Waals surface area contributed by atoms with Crippen molar-refractivity contribution in [1.82, 2.24) is 15.1 Å². The zero-order valence-electron chi connectivity index (χ0n) is 10.8. The van der Waals surface area contributed by atoms with Crippen molar-refractivity contribution in [2.75, 3.05) is 11.1 Å². The minimum Gasteiger partial charge on any atom is -0.384 e. The highest BCUT2D eigenvalue weighted by Gasteiger charge is 2.07. The minimum absolute atomic E-state index is 0.238. The molecular formula is C12H17N5O. The molecule has 0 aliphatic carbocycles. The van der Waals surface area contributed by atoms with Crippen LogP contribution in [0.15, 0.2) is 16.7 Å². The van der Waals surface area contributed by atoms with Crippen LogP contribution < -0.4 is 11.1 Å². The molecule has 0 unspecified atom stereocenters. The van der Waals surface area contributed by atoms with Gasteiger partial charge < -0.3 is 15.6 Å². The molecule has 2 heterocycles. The van der Waals surface area contributed by atoms with E-state index in [9.17, 15) is 0 Å². The lowest BCUT2D eigenvalue weighted by atomic mass is 10.2. The van der Waals surface area contributed by atoms with Crippen LogP contribution >= 0.6 is 0 Å². The fourth-order valence-electron chi connectivity index (χ4n) is 1.51. The van der Waals surface area contributed by atoms with Crippen molar-refractivity contribution in [2.24, 2.45) is 0 Å². The molecule has 0 amide bonds. The van der Waals surface area contributed by atoms with Gasteiger partial charge in [0.15, 0.2) is 5.76 Å². The summed E-state index contributed by atoms with van der Waals surface area (Å²) in [5.74, 6) is 2.88. The van der Waals surface area contributed by atoms with Gasteiger partial charge in [0, 0.05) is 18.1 Å². The average Bonchev–Trinajstić information content (AvgIpc) is 2.72. The maximum Gasteiger partial charge on any atom is 0.156 e. The Morgan fingerprint density at radius 3 is 2.72 bits per heavy atom. The minimum atomic E-state index is 0.238. The van der Waals surface area contributed by atoms with E-state index in [-0.39, 0.29) is 5.92 Å². The first-order chi connectivity index (χ1) is 8.54. The van der Waals surface area contributed by atoms with Crippen molar-refractivity contribution in [3.63, 3.8) is 0 Å². The van der Waals surface area contributed by atoms with Gasteiger partial charge in [-0.05, 0) is 6.92 Å². The molecule has 0 spiro atoms. The molecule has 2 aromatic heterocycles. The number of hydrogen-bond donors (Lipinski definition) is 2. The topological polar surface area (TPSA) is 89.9 Å². The Morgan fingerprint density at radius 2 is 2.11 bits per heavy atom.